The minimum absolute atomic E-state index is 0.0488. The van der Waals surface area contributed by atoms with Crippen molar-refractivity contribution in [2.24, 2.45) is 11.8 Å². The molecular weight excluding hydrogens is 671 g/mol. The SMILES string of the molecule is CN1CCN(C)C(CN(C(=O)C2CCC2)c2ccccc2F)C1.CN1CCN(CCc2ccccc2)CC1CN(C(=O)C1CCC1)c1ccccc1F. The summed E-state index contributed by atoms with van der Waals surface area (Å²) in [6, 6.07) is 24.3. The highest BCUT2D eigenvalue weighted by Gasteiger charge is 2.36. The third-order valence-electron chi connectivity index (χ3n) is 11.9. The lowest BCUT2D eigenvalue weighted by Gasteiger charge is -2.42. The maximum atomic E-state index is 14.6. The Morgan fingerprint density at radius 2 is 1.09 bits per heavy atom. The highest BCUT2D eigenvalue weighted by atomic mass is 19.1. The molecule has 2 aliphatic heterocycles. The summed E-state index contributed by atoms with van der Waals surface area (Å²) in [5, 5.41) is 0. The van der Waals surface area contributed by atoms with E-state index in [1.807, 2.05) is 12.1 Å². The first-order valence-electron chi connectivity index (χ1n) is 19.6. The van der Waals surface area contributed by atoms with Gasteiger partial charge in [-0.25, -0.2) is 8.78 Å². The standard InChI is InChI=1S/C25H32FN3O.C18H26FN3O/c1-27-16-17-28(15-14-20-8-3-2-4-9-20)18-22(27)19-29(25(30)21-10-7-11-21)24-13-6-5-12-23(24)26;1-20-10-11-21(2)15(12-20)13-22(18(23)14-6-5-7-14)17-9-4-3-8-16(17)19/h2-6,8-9,12-13,21-22H,7,10-11,14-19H2,1H3;3-4,8-9,14-15H,5-7,10-13H2,1-2H3. The predicted octanol–water partition coefficient (Wildman–Crippen LogP) is 6.02. The van der Waals surface area contributed by atoms with Gasteiger partial charge >= 0.3 is 0 Å². The fourth-order valence-corrected chi connectivity index (χ4v) is 7.77. The van der Waals surface area contributed by atoms with Crippen molar-refractivity contribution in [1.29, 1.82) is 0 Å². The summed E-state index contributed by atoms with van der Waals surface area (Å²) in [6.45, 7) is 7.88. The molecule has 2 saturated heterocycles. The van der Waals surface area contributed by atoms with Crippen LogP contribution in [0.3, 0.4) is 0 Å². The molecule has 3 aromatic rings. The van der Waals surface area contributed by atoms with Gasteiger partial charge in [-0.2, -0.15) is 0 Å². The van der Waals surface area contributed by atoms with Gasteiger partial charge in [-0.05, 0) is 83.1 Å². The van der Waals surface area contributed by atoms with E-state index in [0.717, 1.165) is 90.8 Å². The number of amides is 2. The van der Waals surface area contributed by atoms with Gasteiger partial charge < -0.3 is 19.6 Å². The number of hydrogen-bond acceptors (Lipinski definition) is 6. The second-order valence-corrected chi connectivity index (χ2v) is 15.6. The largest absolute Gasteiger partial charge is 0.308 e. The zero-order valence-electron chi connectivity index (χ0n) is 31.9. The molecule has 4 aliphatic rings. The number of rotatable bonds is 11. The van der Waals surface area contributed by atoms with Crippen LogP contribution in [0.25, 0.3) is 0 Å². The van der Waals surface area contributed by atoms with Crippen LogP contribution >= 0.6 is 0 Å². The Balaban J connectivity index is 0.000000188. The molecule has 2 heterocycles. The Morgan fingerprint density at radius 3 is 1.58 bits per heavy atom. The first kappa shape index (κ1) is 39.0. The molecule has 0 radical (unpaired) electrons. The number of benzene rings is 3. The van der Waals surface area contributed by atoms with Gasteiger partial charge in [0, 0.05) is 82.8 Å². The van der Waals surface area contributed by atoms with Gasteiger partial charge in [0.05, 0.1) is 11.4 Å². The Hall–Kier alpha value is -3.70. The molecule has 0 bridgehead atoms. The maximum Gasteiger partial charge on any atom is 0.230 e. The fraction of sp³-hybridized carbons (Fsp3) is 0.535. The summed E-state index contributed by atoms with van der Waals surface area (Å²) in [5.74, 6) is -0.338. The van der Waals surface area contributed by atoms with Crippen molar-refractivity contribution in [1.82, 2.24) is 19.6 Å². The Labute approximate surface area is 315 Å². The predicted molar refractivity (Wildman–Crippen MR) is 209 cm³/mol. The summed E-state index contributed by atoms with van der Waals surface area (Å²) in [6.07, 6.45) is 6.94. The van der Waals surface area contributed by atoms with Crippen molar-refractivity contribution in [2.75, 3.05) is 89.8 Å². The maximum absolute atomic E-state index is 14.6. The van der Waals surface area contributed by atoms with E-state index in [-0.39, 0.29) is 47.4 Å². The summed E-state index contributed by atoms with van der Waals surface area (Å²) >= 11 is 0. The number of carbonyl (C=O) groups excluding carboxylic acids is 2. The highest BCUT2D eigenvalue weighted by Crippen LogP contribution is 2.33. The first-order chi connectivity index (χ1) is 25.7. The van der Waals surface area contributed by atoms with Crippen LogP contribution in [0.15, 0.2) is 78.9 Å². The molecule has 4 fully saturated rings. The lowest BCUT2D eigenvalue weighted by atomic mass is 9.84. The highest BCUT2D eigenvalue weighted by molar-refractivity contribution is 5.96. The summed E-state index contributed by atoms with van der Waals surface area (Å²) in [5.41, 5.74) is 2.19. The van der Waals surface area contributed by atoms with Gasteiger partial charge in [0.15, 0.2) is 0 Å². The minimum atomic E-state index is -0.315. The van der Waals surface area contributed by atoms with Gasteiger partial charge in [-0.15, -0.1) is 0 Å². The van der Waals surface area contributed by atoms with Crippen LogP contribution in [-0.4, -0.2) is 124 Å². The zero-order valence-corrected chi connectivity index (χ0v) is 31.9. The van der Waals surface area contributed by atoms with Crippen LogP contribution in [0, 0.1) is 23.5 Å². The third kappa shape index (κ3) is 10.1. The molecule has 0 spiro atoms. The number of halogens is 2. The Kier molecular flexibility index (Phi) is 13.7. The minimum Gasteiger partial charge on any atom is -0.308 e. The van der Waals surface area contributed by atoms with Gasteiger partial charge in [0.25, 0.3) is 0 Å². The number of nitrogens with zero attached hydrogens (tertiary/aromatic N) is 6. The monoisotopic (exact) mass is 728 g/mol. The fourth-order valence-electron chi connectivity index (χ4n) is 7.77. The van der Waals surface area contributed by atoms with E-state index in [1.165, 1.54) is 17.7 Å². The van der Waals surface area contributed by atoms with E-state index in [1.54, 1.807) is 40.1 Å². The van der Waals surface area contributed by atoms with Crippen molar-refractivity contribution in [3.63, 3.8) is 0 Å². The number of carbonyl (C=O) groups is 2. The molecule has 8 nitrogen and oxygen atoms in total. The van der Waals surface area contributed by atoms with E-state index in [9.17, 15) is 18.4 Å². The molecule has 7 rings (SSSR count). The molecule has 2 amide bonds. The normalized spacial score (nSPS) is 21.9. The van der Waals surface area contributed by atoms with Crippen LogP contribution < -0.4 is 9.80 Å². The second-order valence-electron chi connectivity index (χ2n) is 15.6. The van der Waals surface area contributed by atoms with Crippen LogP contribution in [0.5, 0.6) is 0 Å². The second kappa shape index (κ2) is 18.6. The molecule has 2 unspecified atom stereocenters. The van der Waals surface area contributed by atoms with Gasteiger partial charge in [0.1, 0.15) is 11.6 Å². The Morgan fingerprint density at radius 1 is 0.623 bits per heavy atom. The van der Waals surface area contributed by atoms with Crippen LogP contribution in [0.1, 0.15) is 44.1 Å². The van der Waals surface area contributed by atoms with Gasteiger partial charge in [0.2, 0.25) is 11.8 Å². The van der Waals surface area contributed by atoms with Crippen molar-refractivity contribution < 1.29 is 18.4 Å². The van der Waals surface area contributed by atoms with Gasteiger partial charge in [-0.3, -0.25) is 19.4 Å². The van der Waals surface area contributed by atoms with Crippen molar-refractivity contribution in [3.05, 3.63) is 96.1 Å². The van der Waals surface area contributed by atoms with E-state index in [4.69, 9.17) is 0 Å². The topological polar surface area (TPSA) is 53.6 Å². The Bertz CT molecular complexity index is 1640. The molecular formula is C43H58F2N6O2. The summed E-state index contributed by atoms with van der Waals surface area (Å²) in [7, 11) is 6.30. The molecule has 0 aromatic heterocycles. The number of para-hydroxylation sites is 2. The van der Waals surface area contributed by atoms with Gasteiger partial charge in [-0.1, -0.05) is 67.4 Å². The number of piperazine rings is 2. The first-order valence-corrected chi connectivity index (χ1v) is 19.6. The number of hydrogen-bond donors (Lipinski definition) is 0. The lowest BCUT2D eigenvalue weighted by Crippen LogP contribution is -2.57. The molecule has 10 heteroatoms. The molecule has 2 atom stereocenters. The lowest BCUT2D eigenvalue weighted by molar-refractivity contribution is -0.125. The quantitative estimate of drug-likeness (QED) is 0.241. The third-order valence-corrected chi connectivity index (χ3v) is 11.9. The average molecular weight is 729 g/mol. The van der Waals surface area contributed by atoms with Crippen LogP contribution in [0.2, 0.25) is 0 Å². The van der Waals surface area contributed by atoms with E-state index >= 15 is 0 Å². The summed E-state index contributed by atoms with van der Waals surface area (Å²) < 4.78 is 28.9. The van der Waals surface area contributed by atoms with E-state index in [2.05, 4.69) is 65.0 Å². The molecule has 3 aromatic carbocycles. The van der Waals surface area contributed by atoms with E-state index in [0.29, 0.717) is 24.5 Å². The molecule has 2 aliphatic carbocycles. The number of anilines is 2. The van der Waals surface area contributed by atoms with E-state index < -0.39 is 0 Å². The number of likely N-dealkylation sites (N-methyl/N-ethyl adjacent to an activating group) is 3. The average Bonchev–Trinajstić information content (AvgIpc) is 3.11. The molecule has 286 valence electrons. The summed E-state index contributed by atoms with van der Waals surface area (Å²) in [4.78, 5) is 38.8. The molecule has 0 N–H and O–H groups in total. The van der Waals surface area contributed by atoms with Crippen molar-refractivity contribution >= 4 is 23.2 Å². The zero-order chi connectivity index (χ0) is 37.3. The van der Waals surface area contributed by atoms with Crippen molar-refractivity contribution in [2.45, 2.75) is 57.0 Å². The van der Waals surface area contributed by atoms with Crippen molar-refractivity contribution in [3.8, 4) is 0 Å². The smallest absolute Gasteiger partial charge is 0.230 e. The molecule has 53 heavy (non-hydrogen) atoms. The van der Waals surface area contributed by atoms with Crippen LogP contribution in [-0.2, 0) is 16.0 Å². The molecule has 2 saturated carbocycles. The van der Waals surface area contributed by atoms with Crippen LogP contribution in [0.4, 0.5) is 20.2 Å².